The van der Waals surface area contributed by atoms with Gasteiger partial charge in [0.15, 0.2) is 0 Å². The maximum absolute atomic E-state index is 11.9. The van der Waals surface area contributed by atoms with Crippen molar-refractivity contribution in [2.75, 3.05) is 7.11 Å². The van der Waals surface area contributed by atoms with Crippen LogP contribution < -0.4 is 0 Å². The van der Waals surface area contributed by atoms with Crippen LogP contribution in [-0.4, -0.2) is 24.9 Å². The number of carbonyl (C=O) groups excluding carboxylic acids is 2. The van der Waals surface area contributed by atoms with Gasteiger partial charge in [-0.3, -0.25) is 0 Å². The Kier molecular flexibility index (Phi) is 6.69. The quantitative estimate of drug-likeness (QED) is 0.573. The number of rotatable bonds is 5. The van der Waals surface area contributed by atoms with Gasteiger partial charge in [-0.1, -0.05) is 64.5 Å². The summed E-state index contributed by atoms with van der Waals surface area (Å²) in [4.78, 5) is 27.5. The molecule has 124 valence electrons. The van der Waals surface area contributed by atoms with Gasteiger partial charge in [0.25, 0.3) is 0 Å². The smallest absolute Gasteiger partial charge is 0.434 e. The average molecular weight is 390 g/mol. The molecule has 6 heteroatoms. The molecule has 0 aliphatic rings. The molecule has 1 amide bonds. The number of halogens is 1. The minimum absolute atomic E-state index is 0.0116. The van der Waals surface area contributed by atoms with Gasteiger partial charge < -0.3 is 9.47 Å². The highest BCUT2D eigenvalue weighted by Crippen LogP contribution is 2.17. The Morgan fingerprint density at radius 2 is 1.71 bits per heavy atom. The predicted octanol–water partition coefficient (Wildman–Crippen LogP) is 3.94. The van der Waals surface area contributed by atoms with E-state index in [-0.39, 0.29) is 18.7 Å². The highest BCUT2D eigenvalue weighted by Gasteiger charge is 2.16. The summed E-state index contributed by atoms with van der Waals surface area (Å²) in [6.45, 7) is 0.0899. The third kappa shape index (κ3) is 5.31. The average Bonchev–Trinajstić information content (AvgIpc) is 2.61. The van der Waals surface area contributed by atoms with E-state index < -0.39 is 12.1 Å². The normalized spacial score (nSPS) is 11.0. The number of hydrogen-bond acceptors (Lipinski definition) is 4. The molecule has 24 heavy (non-hydrogen) atoms. The summed E-state index contributed by atoms with van der Waals surface area (Å²) in [6.07, 6.45) is -0.666. The van der Waals surface area contributed by atoms with Crippen LogP contribution in [0.2, 0.25) is 0 Å². The van der Waals surface area contributed by atoms with Gasteiger partial charge in [0.2, 0.25) is 0 Å². The number of ether oxygens (including phenoxy) is 2. The zero-order chi connectivity index (χ0) is 17.4. The Hall–Kier alpha value is -2.47. The third-order valence-corrected chi connectivity index (χ3v) is 3.94. The van der Waals surface area contributed by atoms with Crippen LogP contribution in [0, 0.1) is 0 Å². The van der Waals surface area contributed by atoms with E-state index in [1.54, 1.807) is 0 Å². The lowest BCUT2D eigenvalue weighted by atomic mass is 10.1. The first-order valence-electron chi connectivity index (χ1n) is 7.20. The van der Waals surface area contributed by atoms with Crippen molar-refractivity contribution in [3.63, 3.8) is 0 Å². The van der Waals surface area contributed by atoms with Gasteiger partial charge in [0, 0.05) is 10.9 Å². The van der Waals surface area contributed by atoms with Gasteiger partial charge in [-0.05, 0) is 17.2 Å². The zero-order valence-electron chi connectivity index (χ0n) is 13.1. The lowest BCUT2D eigenvalue weighted by molar-refractivity contribution is -0.132. The standard InChI is InChI=1S/C18H16BrNO4/c1-23-17(21)16(11-14-9-5-6-10-15(14)19)20-18(22)24-12-13-7-3-2-4-8-13/h2-10H,11-12H2,1H3. The van der Waals surface area contributed by atoms with Crippen LogP contribution in [0.25, 0.3) is 0 Å². The summed E-state index contributed by atoms with van der Waals surface area (Å²) in [5, 5.41) is 0. The molecule has 0 saturated carbocycles. The molecule has 0 fully saturated rings. The van der Waals surface area contributed by atoms with E-state index in [1.165, 1.54) is 7.11 Å². The Morgan fingerprint density at radius 1 is 1.04 bits per heavy atom. The Balaban J connectivity index is 2.09. The van der Waals surface area contributed by atoms with Gasteiger partial charge in [-0.2, -0.15) is 4.99 Å². The van der Waals surface area contributed by atoms with Crippen molar-refractivity contribution in [2.45, 2.75) is 13.0 Å². The van der Waals surface area contributed by atoms with Crippen molar-refractivity contribution < 1.29 is 19.1 Å². The predicted molar refractivity (Wildman–Crippen MR) is 93.9 cm³/mol. The second-order valence-electron chi connectivity index (χ2n) is 4.86. The molecule has 0 aliphatic heterocycles. The summed E-state index contributed by atoms with van der Waals surface area (Å²) in [5.74, 6) is -0.664. The van der Waals surface area contributed by atoms with E-state index in [2.05, 4.69) is 20.9 Å². The van der Waals surface area contributed by atoms with E-state index in [4.69, 9.17) is 9.47 Å². The van der Waals surface area contributed by atoms with Gasteiger partial charge in [-0.25, -0.2) is 9.59 Å². The van der Waals surface area contributed by atoms with E-state index in [0.717, 1.165) is 15.6 Å². The number of esters is 1. The van der Waals surface area contributed by atoms with Crippen molar-refractivity contribution in [2.24, 2.45) is 4.99 Å². The molecule has 0 aliphatic carbocycles. The SMILES string of the molecule is COC(=O)C(Cc1ccccc1Br)=NC(=O)OCc1ccccc1. The number of aliphatic imine (C=N–C) groups is 1. The van der Waals surface area contributed by atoms with Gasteiger partial charge >= 0.3 is 12.1 Å². The minimum atomic E-state index is -0.827. The summed E-state index contributed by atoms with van der Waals surface area (Å²) in [5.41, 5.74) is 1.64. The lowest BCUT2D eigenvalue weighted by Crippen LogP contribution is -2.20. The first-order valence-corrected chi connectivity index (χ1v) is 7.99. The summed E-state index contributed by atoms with van der Waals surface area (Å²) in [7, 11) is 1.24. The van der Waals surface area contributed by atoms with Gasteiger partial charge in [0.1, 0.15) is 12.3 Å². The fraction of sp³-hybridized carbons (Fsp3) is 0.167. The lowest BCUT2D eigenvalue weighted by Gasteiger charge is -2.07. The van der Waals surface area contributed by atoms with E-state index >= 15 is 0 Å². The molecule has 0 aromatic heterocycles. The van der Waals surface area contributed by atoms with E-state index in [1.807, 2.05) is 54.6 Å². The molecule has 2 rings (SSSR count). The highest BCUT2D eigenvalue weighted by molar-refractivity contribution is 9.10. The third-order valence-electron chi connectivity index (χ3n) is 3.17. The molecule has 0 heterocycles. The molecule has 0 unspecified atom stereocenters. The molecule has 0 spiro atoms. The fourth-order valence-electron chi connectivity index (χ4n) is 1.96. The monoisotopic (exact) mass is 389 g/mol. The first kappa shape index (κ1) is 17.9. The van der Waals surface area contributed by atoms with Crippen LogP contribution in [0.4, 0.5) is 4.79 Å². The van der Waals surface area contributed by atoms with Crippen LogP contribution >= 0.6 is 15.9 Å². The maximum atomic E-state index is 11.9. The van der Waals surface area contributed by atoms with E-state index in [0.29, 0.717) is 0 Å². The van der Waals surface area contributed by atoms with Crippen LogP contribution in [0.15, 0.2) is 64.1 Å². The van der Waals surface area contributed by atoms with Crippen LogP contribution in [0.5, 0.6) is 0 Å². The molecular formula is C18H16BrNO4. The topological polar surface area (TPSA) is 65.0 Å². The van der Waals surface area contributed by atoms with Crippen LogP contribution in [0.1, 0.15) is 11.1 Å². The molecule has 0 bridgehead atoms. The number of benzene rings is 2. The van der Waals surface area contributed by atoms with Crippen molar-refractivity contribution in [1.82, 2.24) is 0 Å². The number of nitrogens with zero attached hydrogens (tertiary/aromatic N) is 1. The van der Waals surface area contributed by atoms with Crippen LogP contribution in [0.3, 0.4) is 0 Å². The second-order valence-corrected chi connectivity index (χ2v) is 5.71. The molecule has 2 aromatic rings. The van der Waals surface area contributed by atoms with Crippen LogP contribution in [-0.2, 0) is 27.3 Å². The van der Waals surface area contributed by atoms with E-state index in [9.17, 15) is 9.59 Å². The summed E-state index contributed by atoms with van der Waals surface area (Å²) < 4.78 is 10.6. The molecule has 0 radical (unpaired) electrons. The van der Waals surface area contributed by atoms with Crippen molar-refractivity contribution >= 4 is 33.7 Å². The minimum Gasteiger partial charge on any atom is -0.465 e. The molecular weight excluding hydrogens is 374 g/mol. The molecule has 0 atom stereocenters. The number of amides is 1. The highest BCUT2D eigenvalue weighted by atomic mass is 79.9. The Morgan fingerprint density at radius 3 is 2.38 bits per heavy atom. The number of carbonyl (C=O) groups is 2. The van der Waals surface area contributed by atoms with Gasteiger partial charge in [0.05, 0.1) is 7.11 Å². The Labute approximate surface area is 148 Å². The summed E-state index contributed by atoms with van der Waals surface area (Å²) in [6, 6.07) is 16.6. The zero-order valence-corrected chi connectivity index (χ0v) is 14.7. The van der Waals surface area contributed by atoms with Crippen molar-refractivity contribution in [3.05, 3.63) is 70.2 Å². The number of hydrogen-bond donors (Lipinski definition) is 0. The van der Waals surface area contributed by atoms with Gasteiger partial charge in [-0.15, -0.1) is 0 Å². The summed E-state index contributed by atoms with van der Waals surface area (Å²) >= 11 is 3.40. The molecule has 0 N–H and O–H groups in total. The fourth-order valence-corrected chi connectivity index (χ4v) is 2.38. The molecule has 0 saturated heterocycles. The van der Waals surface area contributed by atoms with Crippen molar-refractivity contribution in [1.29, 1.82) is 0 Å². The second kappa shape index (κ2) is 8.98. The largest absolute Gasteiger partial charge is 0.465 e. The molecule has 5 nitrogen and oxygen atoms in total. The molecule has 2 aromatic carbocycles. The number of methoxy groups -OCH3 is 1. The first-order chi connectivity index (χ1) is 11.6. The maximum Gasteiger partial charge on any atom is 0.434 e. The van der Waals surface area contributed by atoms with Crippen molar-refractivity contribution in [3.8, 4) is 0 Å². The Bertz CT molecular complexity index is 744.